The normalized spacial score (nSPS) is 24.1. The van der Waals surface area contributed by atoms with Gasteiger partial charge in [0.25, 0.3) is 11.8 Å². The van der Waals surface area contributed by atoms with Crippen molar-refractivity contribution in [3.63, 3.8) is 0 Å². The summed E-state index contributed by atoms with van der Waals surface area (Å²) in [4.78, 5) is 34.7. The zero-order valence-corrected chi connectivity index (χ0v) is 10.4. The minimum Gasteiger partial charge on any atom is -0.275 e. The van der Waals surface area contributed by atoms with Gasteiger partial charge in [-0.2, -0.15) is 0 Å². The second-order valence-electron chi connectivity index (χ2n) is 3.89. The number of nitrogens with zero attached hydrogens (tertiary/aromatic N) is 1. The van der Waals surface area contributed by atoms with Gasteiger partial charge in [-0.15, -0.1) is 0 Å². The molecule has 1 atom stereocenters. The Morgan fingerprint density at radius 2 is 1.83 bits per heavy atom. The maximum atomic E-state index is 12.2. The van der Waals surface area contributed by atoms with Gasteiger partial charge in [0.15, 0.2) is 0 Å². The number of imide groups is 2. The second-order valence-corrected chi connectivity index (χ2v) is 4.54. The van der Waals surface area contributed by atoms with Crippen LogP contribution < -0.4 is 10.2 Å². The quantitative estimate of drug-likeness (QED) is 0.654. The molecule has 4 amide bonds. The van der Waals surface area contributed by atoms with Gasteiger partial charge in [-0.05, 0) is 18.6 Å². The van der Waals surface area contributed by atoms with Crippen molar-refractivity contribution in [2.24, 2.45) is 0 Å². The summed E-state index contributed by atoms with van der Waals surface area (Å²) in [5.74, 6) is -1.49. The highest BCUT2D eigenvalue weighted by atomic mass is 35.5. The molecule has 0 saturated carbocycles. The number of rotatable bonds is 2. The third kappa shape index (κ3) is 1.76. The average Bonchev–Trinajstić information content (AvgIpc) is 2.37. The molecule has 1 N–H and O–H groups in total. The van der Waals surface area contributed by atoms with Crippen molar-refractivity contribution >= 4 is 35.1 Å². The molecule has 1 aromatic rings. The van der Waals surface area contributed by atoms with E-state index in [4.69, 9.17) is 11.6 Å². The number of carbonyl (C=O) groups is 3. The summed E-state index contributed by atoms with van der Waals surface area (Å²) in [5, 5.41) is 2.10. The molecule has 2 rings (SSSR count). The summed E-state index contributed by atoms with van der Waals surface area (Å²) in [6.45, 7) is 1.61. The van der Waals surface area contributed by atoms with E-state index in [-0.39, 0.29) is 6.42 Å². The van der Waals surface area contributed by atoms with Gasteiger partial charge >= 0.3 is 6.03 Å². The summed E-state index contributed by atoms with van der Waals surface area (Å²) in [6.07, 6.45) is 0.107. The number of nitrogens with one attached hydrogen (secondary N) is 1. The molecular formula is C12H11ClN2O3. The summed E-state index contributed by atoms with van der Waals surface area (Å²) >= 11 is 6.01. The molecule has 0 spiro atoms. The van der Waals surface area contributed by atoms with E-state index >= 15 is 0 Å². The molecule has 1 heterocycles. The van der Waals surface area contributed by atoms with E-state index in [0.29, 0.717) is 5.69 Å². The minimum absolute atomic E-state index is 0.107. The number of urea groups is 1. The lowest BCUT2D eigenvalue weighted by molar-refractivity contribution is -0.132. The fourth-order valence-electron chi connectivity index (χ4n) is 1.74. The summed E-state index contributed by atoms with van der Waals surface area (Å²) < 4.78 is 0. The zero-order chi connectivity index (χ0) is 13.3. The Kier molecular flexibility index (Phi) is 3.09. The third-order valence-corrected chi connectivity index (χ3v) is 3.43. The van der Waals surface area contributed by atoms with Gasteiger partial charge in [-0.25, -0.2) is 9.69 Å². The maximum Gasteiger partial charge on any atom is 0.335 e. The molecule has 1 fully saturated rings. The van der Waals surface area contributed by atoms with E-state index in [1.54, 1.807) is 37.3 Å². The SMILES string of the molecule is CCC1(Cl)C(=O)NC(=O)N(c2ccccc2)C1=O. The first-order valence-electron chi connectivity index (χ1n) is 5.44. The van der Waals surface area contributed by atoms with Gasteiger partial charge < -0.3 is 0 Å². The Hall–Kier alpha value is -1.88. The average molecular weight is 267 g/mol. The lowest BCUT2D eigenvalue weighted by Gasteiger charge is -2.34. The van der Waals surface area contributed by atoms with E-state index in [9.17, 15) is 14.4 Å². The first-order chi connectivity index (χ1) is 8.50. The van der Waals surface area contributed by atoms with Crippen LogP contribution in [0.2, 0.25) is 0 Å². The lowest BCUT2D eigenvalue weighted by atomic mass is 10.0. The predicted octanol–water partition coefficient (Wildman–Crippen LogP) is 1.66. The Morgan fingerprint density at radius 3 is 2.39 bits per heavy atom. The number of anilines is 1. The van der Waals surface area contributed by atoms with Gasteiger partial charge in [0.05, 0.1) is 5.69 Å². The molecule has 18 heavy (non-hydrogen) atoms. The van der Waals surface area contributed by atoms with Crippen LogP contribution in [0.5, 0.6) is 0 Å². The molecular weight excluding hydrogens is 256 g/mol. The first kappa shape index (κ1) is 12.6. The van der Waals surface area contributed by atoms with Crippen molar-refractivity contribution in [3.05, 3.63) is 30.3 Å². The van der Waals surface area contributed by atoms with Crippen LogP contribution >= 0.6 is 11.6 Å². The number of hydrogen-bond acceptors (Lipinski definition) is 3. The molecule has 6 heteroatoms. The minimum atomic E-state index is -1.72. The van der Waals surface area contributed by atoms with E-state index in [0.717, 1.165) is 4.90 Å². The Bertz CT molecular complexity index is 517. The van der Waals surface area contributed by atoms with Crippen LogP contribution in [0, 0.1) is 0 Å². The van der Waals surface area contributed by atoms with Crippen LogP contribution in [0.25, 0.3) is 0 Å². The van der Waals surface area contributed by atoms with Crippen LogP contribution in [0.1, 0.15) is 13.3 Å². The van der Waals surface area contributed by atoms with Crippen LogP contribution in [0.3, 0.4) is 0 Å². The number of benzene rings is 1. The smallest absolute Gasteiger partial charge is 0.275 e. The van der Waals surface area contributed by atoms with E-state index < -0.39 is 22.7 Å². The molecule has 1 saturated heterocycles. The lowest BCUT2D eigenvalue weighted by Crippen LogP contribution is -2.65. The highest BCUT2D eigenvalue weighted by Crippen LogP contribution is 2.29. The molecule has 1 aromatic carbocycles. The van der Waals surface area contributed by atoms with Crippen molar-refractivity contribution in [1.82, 2.24) is 5.32 Å². The number of hydrogen-bond donors (Lipinski definition) is 1. The molecule has 0 radical (unpaired) electrons. The van der Waals surface area contributed by atoms with Crippen molar-refractivity contribution in [1.29, 1.82) is 0 Å². The number of amides is 4. The van der Waals surface area contributed by atoms with Gasteiger partial charge in [0.1, 0.15) is 0 Å². The summed E-state index contributed by atoms with van der Waals surface area (Å²) in [7, 11) is 0. The van der Waals surface area contributed by atoms with Crippen molar-refractivity contribution in [2.45, 2.75) is 18.2 Å². The standard InChI is InChI=1S/C12H11ClN2O3/c1-2-12(13)9(16)14-11(18)15(10(12)17)8-6-4-3-5-7-8/h3-7H,2H2,1H3,(H,14,16,18). The molecule has 1 unspecified atom stereocenters. The fraction of sp³-hybridized carbons (Fsp3) is 0.250. The molecule has 1 aliphatic heterocycles. The molecule has 1 aliphatic rings. The topological polar surface area (TPSA) is 66.5 Å². The number of barbiturate groups is 1. The van der Waals surface area contributed by atoms with E-state index in [2.05, 4.69) is 5.32 Å². The molecule has 0 aromatic heterocycles. The first-order valence-corrected chi connectivity index (χ1v) is 5.82. The monoisotopic (exact) mass is 266 g/mol. The fourth-order valence-corrected chi connectivity index (χ4v) is 1.87. The highest BCUT2D eigenvalue weighted by molar-refractivity contribution is 6.52. The molecule has 0 aliphatic carbocycles. The van der Waals surface area contributed by atoms with Gasteiger partial charge in [0, 0.05) is 0 Å². The zero-order valence-electron chi connectivity index (χ0n) is 9.64. The number of para-hydroxylation sites is 1. The van der Waals surface area contributed by atoms with Gasteiger partial charge in [-0.1, -0.05) is 36.7 Å². The highest BCUT2D eigenvalue weighted by Gasteiger charge is 2.52. The van der Waals surface area contributed by atoms with Crippen LogP contribution in [-0.4, -0.2) is 22.7 Å². The van der Waals surface area contributed by atoms with Gasteiger partial charge in [-0.3, -0.25) is 14.9 Å². The number of halogens is 1. The Labute approximate surface area is 109 Å². The second kappa shape index (κ2) is 4.42. The summed E-state index contributed by atoms with van der Waals surface area (Å²) in [6, 6.07) is 7.55. The van der Waals surface area contributed by atoms with Crippen LogP contribution in [-0.2, 0) is 9.59 Å². The van der Waals surface area contributed by atoms with E-state index in [1.807, 2.05) is 0 Å². The predicted molar refractivity (Wildman–Crippen MR) is 66.3 cm³/mol. The van der Waals surface area contributed by atoms with E-state index in [1.165, 1.54) is 0 Å². The summed E-state index contributed by atoms with van der Waals surface area (Å²) in [5.41, 5.74) is 0.381. The van der Waals surface area contributed by atoms with Gasteiger partial charge in [0.2, 0.25) is 4.87 Å². The number of carbonyl (C=O) groups excluding carboxylic acids is 3. The van der Waals surface area contributed by atoms with Crippen molar-refractivity contribution in [3.8, 4) is 0 Å². The largest absolute Gasteiger partial charge is 0.335 e. The van der Waals surface area contributed by atoms with Crippen molar-refractivity contribution in [2.75, 3.05) is 4.90 Å². The number of alkyl halides is 1. The molecule has 94 valence electrons. The molecule has 5 nitrogen and oxygen atoms in total. The third-order valence-electron chi connectivity index (χ3n) is 2.83. The maximum absolute atomic E-state index is 12.2. The van der Waals surface area contributed by atoms with Crippen LogP contribution in [0.15, 0.2) is 30.3 Å². The Balaban J connectivity index is 2.45. The Morgan fingerprint density at radius 1 is 1.22 bits per heavy atom. The molecule has 0 bridgehead atoms. The van der Waals surface area contributed by atoms with Crippen LogP contribution in [0.4, 0.5) is 10.5 Å². The van der Waals surface area contributed by atoms with Crippen molar-refractivity contribution < 1.29 is 14.4 Å².